The molecule has 0 N–H and O–H groups in total. The van der Waals surface area contributed by atoms with Crippen molar-refractivity contribution in [3.63, 3.8) is 0 Å². The van der Waals surface area contributed by atoms with Gasteiger partial charge < -0.3 is 4.79 Å². The van der Waals surface area contributed by atoms with Gasteiger partial charge in [-0.25, -0.2) is 0 Å². The van der Waals surface area contributed by atoms with Gasteiger partial charge in [0.2, 0.25) is 0 Å². The maximum absolute atomic E-state index is 10.5. The van der Waals surface area contributed by atoms with Crippen LogP contribution in [0.5, 0.6) is 0 Å². The first-order chi connectivity index (χ1) is 4.83. The smallest absolute Gasteiger partial charge is 0.136 e. The van der Waals surface area contributed by atoms with E-state index in [9.17, 15) is 4.79 Å². The van der Waals surface area contributed by atoms with Crippen molar-refractivity contribution in [3.05, 3.63) is 0 Å². The lowest BCUT2D eigenvalue weighted by Gasteiger charge is -2.03. The zero-order chi connectivity index (χ0) is 7.45. The fourth-order valence-corrected chi connectivity index (χ4v) is 2.14. The van der Waals surface area contributed by atoms with E-state index in [4.69, 9.17) is 0 Å². The van der Waals surface area contributed by atoms with E-state index in [1.165, 1.54) is 12.8 Å². The minimum Gasteiger partial charge on any atom is -0.302 e. The number of hydrogen-bond donors (Lipinski definition) is 0. The Morgan fingerprint density at radius 3 is 2.70 bits per heavy atom. The van der Waals surface area contributed by atoms with E-state index in [1.807, 2.05) is 11.8 Å². The third kappa shape index (κ3) is 2.01. The monoisotopic (exact) mass is 158 g/mol. The second-order valence-corrected chi connectivity index (χ2v) is 4.39. The fourth-order valence-electron chi connectivity index (χ4n) is 0.839. The molecule has 0 radical (unpaired) electrons. The van der Waals surface area contributed by atoms with Gasteiger partial charge in [0.25, 0.3) is 0 Å². The van der Waals surface area contributed by atoms with Crippen LogP contribution in [0, 0.1) is 0 Å². The Morgan fingerprint density at radius 1 is 1.60 bits per heavy atom. The molecule has 0 saturated heterocycles. The molecule has 0 aromatic carbocycles. The Morgan fingerprint density at radius 2 is 2.30 bits per heavy atom. The Balaban J connectivity index is 2.07. The highest BCUT2D eigenvalue weighted by Crippen LogP contribution is 2.46. The second kappa shape index (κ2) is 3.42. The number of hydrogen-bond acceptors (Lipinski definition) is 2. The van der Waals surface area contributed by atoms with Crippen LogP contribution in [0.25, 0.3) is 0 Å². The van der Waals surface area contributed by atoms with E-state index in [-0.39, 0.29) is 4.75 Å². The number of carbonyl (C=O) groups excluding carboxylic acids is 1. The minimum absolute atomic E-state index is 0.0785. The molecule has 10 heavy (non-hydrogen) atoms. The molecule has 1 nitrogen and oxygen atoms in total. The van der Waals surface area contributed by atoms with Crippen molar-refractivity contribution in [1.82, 2.24) is 0 Å². The first kappa shape index (κ1) is 8.12. The lowest BCUT2D eigenvalue weighted by atomic mass is 10.4. The van der Waals surface area contributed by atoms with Crippen LogP contribution in [0.4, 0.5) is 0 Å². The van der Waals surface area contributed by atoms with Gasteiger partial charge >= 0.3 is 0 Å². The standard InChI is InChI=1S/C8H14OS/c1-2-3-6-10-8(7-9)4-5-8/h7H,2-6H2,1H3. The van der Waals surface area contributed by atoms with Gasteiger partial charge in [0.15, 0.2) is 0 Å². The summed E-state index contributed by atoms with van der Waals surface area (Å²) in [6.45, 7) is 2.18. The predicted molar refractivity (Wildman–Crippen MR) is 45.4 cm³/mol. The van der Waals surface area contributed by atoms with Crippen molar-refractivity contribution >= 4 is 18.0 Å². The van der Waals surface area contributed by atoms with Gasteiger partial charge in [0.1, 0.15) is 6.29 Å². The summed E-state index contributed by atoms with van der Waals surface area (Å²) in [6.07, 6.45) is 5.85. The van der Waals surface area contributed by atoms with Crippen LogP contribution < -0.4 is 0 Å². The summed E-state index contributed by atoms with van der Waals surface area (Å²) in [4.78, 5) is 10.5. The van der Waals surface area contributed by atoms with Gasteiger partial charge in [-0.05, 0) is 25.0 Å². The van der Waals surface area contributed by atoms with E-state index in [0.29, 0.717) is 0 Å². The van der Waals surface area contributed by atoms with Crippen LogP contribution in [-0.4, -0.2) is 16.8 Å². The number of aldehydes is 1. The van der Waals surface area contributed by atoms with Gasteiger partial charge in [-0.15, -0.1) is 11.8 Å². The van der Waals surface area contributed by atoms with E-state index in [1.54, 1.807) is 0 Å². The molecular weight excluding hydrogens is 144 g/mol. The van der Waals surface area contributed by atoms with Gasteiger partial charge in [-0.2, -0.15) is 0 Å². The lowest BCUT2D eigenvalue weighted by Crippen LogP contribution is -2.04. The molecule has 1 fully saturated rings. The molecule has 0 aromatic heterocycles. The quantitative estimate of drug-likeness (QED) is 0.451. The van der Waals surface area contributed by atoms with Crippen LogP contribution >= 0.6 is 11.8 Å². The molecule has 0 unspecified atom stereocenters. The average Bonchev–Trinajstić information content (AvgIpc) is 2.70. The topological polar surface area (TPSA) is 17.1 Å². The Kier molecular flexibility index (Phi) is 2.78. The van der Waals surface area contributed by atoms with Crippen LogP contribution in [-0.2, 0) is 4.79 Å². The van der Waals surface area contributed by atoms with Crippen molar-refractivity contribution in [2.75, 3.05) is 5.75 Å². The van der Waals surface area contributed by atoms with Crippen molar-refractivity contribution in [1.29, 1.82) is 0 Å². The Hall–Kier alpha value is 0.0200. The molecular formula is C8H14OS. The van der Waals surface area contributed by atoms with Gasteiger partial charge in [0.05, 0.1) is 4.75 Å². The number of rotatable bonds is 5. The van der Waals surface area contributed by atoms with E-state index in [0.717, 1.165) is 24.9 Å². The van der Waals surface area contributed by atoms with Crippen molar-refractivity contribution in [3.8, 4) is 0 Å². The normalized spacial score (nSPS) is 20.5. The highest BCUT2D eigenvalue weighted by atomic mass is 32.2. The average molecular weight is 158 g/mol. The maximum Gasteiger partial charge on any atom is 0.136 e. The third-order valence-corrected chi connectivity index (χ3v) is 3.42. The number of unbranched alkanes of at least 4 members (excludes halogenated alkanes) is 1. The molecule has 1 aliphatic rings. The highest BCUT2D eigenvalue weighted by molar-refractivity contribution is 8.01. The molecule has 0 aliphatic heterocycles. The maximum atomic E-state index is 10.5. The first-order valence-electron chi connectivity index (χ1n) is 3.93. The van der Waals surface area contributed by atoms with Gasteiger partial charge in [-0.3, -0.25) is 0 Å². The molecule has 0 heterocycles. The summed E-state index contributed by atoms with van der Waals surface area (Å²) in [7, 11) is 0. The first-order valence-corrected chi connectivity index (χ1v) is 4.92. The largest absolute Gasteiger partial charge is 0.302 e. The summed E-state index contributed by atoms with van der Waals surface area (Å²) >= 11 is 1.85. The molecule has 0 amide bonds. The minimum atomic E-state index is 0.0785. The summed E-state index contributed by atoms with van der Waals surface area (Å²) in [5.74, 6) is 1.16. The summed E-state index contributed by atoms with van der Waals surface area (Å²) < 4.78 is 0.0785. The van der Waals surface area contributed by atoms with Crippen LogP contribution in [0.2, 0.25) is 0 Å². The summed E-state index contributed by atoms with van der Waals surface area (Å²) in [6, 6.07) is 0. The summed E-state index contributed by atoms with van der Waals surface area (Å²) in [5, 5.41) is 0. The predicted octanol–water partition coefficient (Wildman–Crippen LogP) is 2.25. The number of carbonyl (C=O) groups is 1. The molecule has 0 bridgehead atoms. The van der Waals surface area contributed by atoms with Crippen LogP contribution in [0.3, 0.4) is 0 Å². The SMILES string of the molecule is CCCCSC1(C=O)CC1. The molecule has 0 aromatic rings. The molecule has 0 atom stereocenters. The molecule has 58 valence electrons. The number of thioether (sulfide) groups is 1. The molecule has 1 saturated carbocycles. The van der Waals surface area contributed by atoms with Crippen molar-refractivity contribution in [2.45, 2.75) is 37.4 Å². The lowest BCUT2D eigenvalue weighted by molar-refractivity contribution is -0.107. The molecule has 1 aliphatic carbocycles. The van der Waals surface area contributed by atoms with E-state index in [2.05, 4.69) is 6.92 Å². The van der Waals surface area contributed by atoms with Crippen LogP contribution in [0.1, 0.15) is 32.6 Å². The van der Waals surface area contributed by atoms with Crippen molar-refractivity contribution < 1.29 is 4.79 Å². The van der Waals surface area contributed by atoms with Crippen LogP contribution in [0.15, 0.2) is 0 Å². The summed E-state index contributed by atoms with van der Waals surface area (Å²) in [5.41, 5.74) is 0. The van der Waals surface area contributed by atoms with E-state index < -0.39 is 0 Å². The zero-order valence-corrected chi connectivity index (χ0v) is 7.25. The van der Waals surface area contributed by atoms with E-state index >= 15 is 0 Å². The zero-order valence-electron chi connectivity index (χ0n) is 6.43. The fraction of sp³-hybridized carbons (Fsp3) is 0.875. The molecule has 0 spiro atoms. The van der Waals surface area contributed by atoms with Gasteiger partial charge in [-0.1, -0.05) is 13.3 Å². The Bertz CT molecular complexity index is 118. The van der Waals surface area contributed by atoms with Gasteiger partial charge in [0, 0.05) is 0 Å². The van der Waals surface area contributed by atoms with Crippen molar-refractivity contribution in [2.24, 2.45) is 0 Å². The third-order valence-electron chi connectivity index (χ3n) is 1.84. The molecule has 1 rings (SSSR count). The Labute approximate surface area is 66.6 Å². The highest BCUT2D eigenvalue weighted by Gasteiger charge is 2.42. The molecule has 2 heteroatoms. The second-order valence-electron chi connectivity index (χ2n) is 2.88.